The molecule has 3 rings (SSSR count). The highest BCUT2D eigenvalue weighted by molar-refractivity contribution is 5.82. The van der Waals surface area contributed by atoms with Gasteiger partial charge in [-0.3, -0.25) is 10.1 Å². The van der Waals surface area contributed by atoms with Crippen LogP contribution in [0, 0.1) is 10.1 Å². The first-order chi connectivity index (χ1) is 9.24. The molecule has 6 heteroatoms. The maximum atomic E-state index is 10.6. The number of aromatic nitrogens is 2. The van der Waals surface area contributed by atoms with E-state index >= 15 is 0 Å². The number of nitro groups is 1. The van der Waals surface area contributed by atoms with Crippen molar-refractivity contribution in [2.24, 2.45) is 0 Å². The van der Waals surface area contributed by atoms with Gasteiger partial charge in [0, 0.05) is 24.5 Å². The normalized spacial score (nSPS) is 10.5. The minimum absolute atomic E-state index is 0.0360. The van der Waals surface area contributed by atoms with Crippen LogP contribution in [0.25, 0.3) is 11.0 Å². The highest BCUT2D eigenvalue weighted by atomic mass is 16.6. The van der Waals surface area contributed by atoms with Gasteiger partial charge in [-0.1, -0.05) is 0 Å². The van der Waals surface area contributed by atoms with Crippen LogP contribution < -0.4 is 4.74 Å². The number of pyridine rings is 1. The van der Waals surface area contributed by atoms with Gasteiger partial charge in [0.2, 0.25) is 0 Å². The summed E-state index contributed by atoms with van der Waals surface area (Å²) in [4.78, 5) is 17.3. The molecule has 94 valence electrons. The maximum Gasteiger partial charge on any atom is 0.269 e. The molecule has 0 radical (unpaired) electrons. The van der Waals surface area contributed by atoms with E-state index in [2.05, 4.69) is 9.97 Å². The second-order valence-corrected chi connectivity index (χ2v) is 3.90. The lowest BCUT2D eigenvalue weighted by molar-refractivity contribution is -0.384. The molecule has 0 saturated carbocycles. The van der Waals surface area contributed by atoms with Crippen LogP contribution >= 0.6 is 0 Å². The summed E-state index contributed by atoms with van der Waals surface area (Å²) in [6, 6.07) is 9.56. The van der Waals surface area contributed by atoms with E-state index in [4.69, 9.17) is 4.74 Å². The zero-order chi connectivity index (χ0) is 13.2. The molecule has 6 nitrogen and oxygen atoms in total. The number of benzene rings is 1. The first-order valence-electron chi connectivity index (χ1n) is 5.58. The van der Waals surface area contributed by atoms with Crippen molar-refractivity contribution in [3.8, 4) is 11.5 Å². The SMILES string of the molecule is O=[N+]([O-])c1ccc(Oc2ccnc3[nH]ccc23)cc1. The average Bonchev–Trinajstić information content (AvgIpc) is 2.89. The first-order valence-corrected chi connectivity index (χ1v) is 5.58. The molecular weight excluding hydrogens is 246 g/mol. The molecule has 1 aromatic carbocycles. The summed E-state index contributed by atoms with van der Waals surface area (Å²) in [6.45, 7) is 0. The standard InChI is InChI=1S/C13H9N3O3/c17-16(18)9-1-3-10(4-2-9)19-12-6-8-15-13-11(12)5-7-14-13/h1-8H,(H,14,15). The van der Waals surface area contributed by atoms with Gasteiger partial charge in [-0.2, -0.15) is 0 Å². The maximum absolute atomic E-state index is 10.6. The Morgan fingerprint density at radius 2 is 1.95 bits per heavy atom. The van der Waals surface area contributed by atoms with Crippen LogP contribution in [0.4, 0.5) is 5.69 Å². The zero-order valence-electron chi connectivity index (χ0n) is 9.74. The number of ether oxygens (including phenoxy) is 1. The molecule has 0 saturated heterocycles. The monoisotopic (exact) mass is 255 g/mol. The lowest BCUT2D eigenvalue weighted by Gasteiger charge is -2.06. The van der Waals surface area contributed by atoms with Crippen LogP contribution in [0.5, 0.6) is 11.5 Å². The van der Waals surface area contributed by atoms with Gasteiger partial charge < -0.3 is 9.72 Å². The predicted molar refractivity (Wildman–Crippen MR) is 69.3 cm³/mol. The molecule has 0 aliphatic carbocycles. The number of H-pyrrole nitrogens is 1. The lowest BCUT2D eigenvalue weighted by atomic mass is 10.3. The molecule has 19 heavy (non-hydrogen) atoms. The van der Waals surface area contributed by atoms with Crippen LogP contribution in [-0.2, 0) is 0 Å². The first kappa shape index (κ1) is 11.2. The summed E-state index contributed by atoms with van der Waals surface area (Å²) in [5.74, 6) is 1.19. The molecule has 2 heterocycles. The van der Waals surface area contributed by atoms with Gasteiger partial charge >= 0.3 is 0 Å². The van der Waals surface area contributed by atoms with Crippen LogP contribution in [0.15, 0.2) is 48.8 Å². The van der Waals surface area contributed by atoms with E-state index in [1.165, 1.54) is 12.1 Å². The Hall–Kier alpha value is -2.89. The largest absolute Gasteiger partial charge is 0.457 e. The topological polar surface area (TPSA) is 81.1 Å². The van der Waals surface area contributed by atoms with Gasteiger partial charge in [-0.05, 0) is 24.3 Å². The van der Waals surface area contributed by atoms with Crippen molar-refractivity contribution in [3.05, 3.63) is 58.9 Å². The Kier molecular flexibility index (Phi) is 2.60. The summed E-state index contributed by atoms with van der Waals surface area (Å²) in [5, 5.41) is 11.4. The third kappa shape index (κ3) is 2.11. The summed E-state index contributed by atoms with van der Waals surface area (Å²) in [7, 11) is 0. The average molecular weight is 255 g/mol. The number of nitro benzene ring substituents is 1. The van der Waals surface area contributed by atoms with Gasteiger partial charge in [0.05, 0.1) is 10.3 Å². The van der Waals surface area contributed by atoms with Crippen molar-refractivity contribution in [3.63, 3.8) is 0 Å². The molecule has 0 spiro atoms. The van der Waals surface area contributed by atoms with Crippen molar-refractivity contribution >= 4 is 16.7 Å². The smallest absolute Gasteiger partial charge is 0.269 e. The number of rotatable bonds is 3. The fourth-order valence-corrected chi connectivity index (χ4v) is 1.79. The number of hydrogen-bond acceptors (Lipinski definition) is 4. The Morgan fingerprint density at radius 3 is 2.68 bits per heavy atom. The molecule has 0 aliphatic rings. The molecule has 2 aromatic heterocycles. The second-order valence-electron chi connectivity index (χ2n) is 3.90. The Morgan fingerprint density at radius 1 is 1.16 bits per heavy atom. The van der Waals surface area contributed by atoms with Gasteiger partial charge in [0.25, 0.3) is 5.69 Å². The minimum Gasteiger partial charge on any atom is -0.457 e. The number of fused-ring (bicyclic) bond motifs is 1. The lowest BCUT2D eigenvalue weighted by Crippen LogP contribution is -1.89. The molecule has 0 atom stereocenters. The van der Waals surface area contributed by atoms with E-state index in [1.807, 2.05) is 6.07 Å². The van der Waals surface area contributed by atoms with E-state index in [-0.39, 0.29) is 5.69 Å². The third-order valence-corrected chi connectivity index (χ3v) is 2.70. The molecular formula is C13H9N3O3. The van der Waals surface area contributed by atoms with Crippen molar-refractivity contribution in [2.45, 2.75) is 0 Å². The van der Waals surface area contributed by atoms with E-state index < -0.39 is 4.92 Å². The third-order valence-electron chi connectivity index (χ3n) is 2.70. The van der Waals surface area contributed by atoms with Crippen LogP contribution in [0.3, 0.4) is 0 Å². The Balaban J connectivity index is 1.92. The van der Waals surface area contributed by atoms with E-state index in [1.54, 1.807) is 30.6 Å². The van der Waals surface area contributed by atoms with Crippen LogP contribution in [0.1, 0.15) is 0 Å². The molecule has 0 fully saturated rings. The van der Waals surface area contributed by atoms with Crippen molar-refractivity contribution in [2.75, 3.05) is 0 Å². The number of nitrogens with zero attached hydrogens (tertiary/aromatic N) is 2. The van der Waals surface area contributed by atoms with Crippen molar-refractivity contribution in [1.29, 1.82) is 0 Å². The minimum atomic E-state index is -0.444. The number of nitrogens with one attached hydrogen (secondary N) is 1. The Labute approximate surface area is 107 Å². The van der Waals surface area contributed by atoms with Gasteiger partial charge in [0.15, 0.2) is 0 Å². The van der Waals surface area contributed by atoms with Crippen molar-refractivity contribution in [1.82, 2.24) is 9.97 Å². The molecule has 0 unspecified atom stereocenters. The summed E-state index contributed by atoms with van der Waals surface area (Å²) in [5.41, 5.74) is 0.772. The number of aromatic amines is 1. The van der Waals surface area contributed by atoms with E-state index in [0.717, 1.165) is 11.0 Å². The fourth-order valence-electron chi connectivity index (χ4n) is 1.79. The zero-order valence-corrected chi connectivity index (χ0v) is 9.74. The van der Waals surface area contributed by atoms with Gasteiger partial charge in [0.1, 0.15) is 17.1 Å². The summed E-state index contributed by atoms with van der Waals surface area (Å²) in [6.07, 6.45) is 3.42. The number of non-ortho nitro benzene ring substituents is 1. The molecule has 0 bridgehead atoms. The Bertz CT molecular complexity index is 734. The van der Waals surface area contributed by atoms with Gasteiger partial charge in [-0.25, -0.2) is 4.98 Å². The highest BCUT2D eigenvalue weighted by Crippen LogP contribution is 2.29. The predicted octanol–water partition coefficient (Wildman–Crippen LogP) is 3.26. The van der Waals surface area contributed by atoms with Crippen LogP contribution in [-0.4, -0.2) is 14.9 Å². The highest BCUT2D eigenvalue weighted by Gasteiger charge is 2.07. The second kappa shape index (κ2) is 4.41. The summed E-state index contributed by atoms with van der Waals surface area (Å²) < 4.78 is 5.70. The molecule has 1 N–H and O–H groups in total. The van der Waals surface area contributed by atoms with Gasteiger partial charge in [-0.15, -0.1) is 0 Å². The van der Waals surface area contributed by atoms with Crippen molar-refractivity contribution < 1.29 is 9.66 Å². The van der Waals surface area contributed by atoms with E-state index in [0.29, 0.717) is 11.5 Å². The quantitative estimate of drug-likeness (QED) is 0.575. The molecule has 3 aromatic rings. The van der Waals surface area contributed by atoms with Crippen LogP contribution in [0.2, 0.25) is 0 Å². The fraction of sp³-hybridized carbons (Fsp3) is 0. The molecule has 0 aliphatic heterocycles. The van der Waals surface area contributed by atoms with E-state index in [9.17, 15) is 10.1 Å². The molecule has 0 amide bonds. The summed E-state index contributed by atoms with van der Waals surface area (Å²) >= 11 is 0. The number of hydrogen-bond donors (Lipinski definition) is 1.